The van der Waals surface area contributed by atoms with E-state index in [1.807, 2.05) is 24.3 Å². The molecule has 9 N–H and O–H groups in total. The van der Waals surface area contributed by atoms with Crippen molar-refractivity contribution < 1.29 is 29.4 Å². The second-order valence-electron chi connectivity index (χ2n) is 8.32. The van der Waals surface area contributed by atoms with E-state index in [-0.39, 0.29) is 18.6 Å². The van der Waals surface area contributed by atoms with Crippen LogP contribution in [0.25, 0.3) is 10.9 Å². The molecule has 2 heterocycles. The van der Waals surface area contributed by atoms with Crippen LogP contribution in [-0.2, 0) is 32.0 Å². The zero-order valence-electron chi connectivity index (χ0n) is 19.7. The number of hydrogen-bond acceptors (Lipinski definition) is 8. The molecule has 0 radical (unpaired) electrons. The number of carbonyl (C=O) groups excluding carboxylic acids is 3. The highest BCUT2D eigenvalue weighted by Gasteiger charge is 2.31. The number of nitrogens with two attached hydrogens (primary N) is 1. The number of H-pyrrole nitrogens is 2. The Balaban J connectivity index is 1.82. The molecule has 0 saturated carbocycles. The van der Waals surface area contributed by atoms with Crippen molar-refractivity contribution in [2.45, 2.75) is 37.0 Å². The van der Waals surface area contributed by atoms with Gasteiger partial charge in [0.05, 0.1) is 24.7 Å². The SMILES string of the molecule is N[C@@H](CS)C(=O)N[C@@H](CO)C(=O)N[C@@H](Cc1c[nH]c2ccccc12)C(=O)N[C@@H](Cc1c[nH]cn1)C(=O)O. The highest BCUT2D eigenvalue weighted by molar-refractivity contribution is 7.80. The Bertz CT molecular complexity index is 1230. The number of aliphatic hydroxyl groups excluding tert-OH is 1. The normalized spacial score (nSPS) is 14.4. The largest absolute Gasteiger partial charge is 0.480 e. The summed E-state index contributed by atoms with van der Waals surface area (Å²) >= 11 is 3.94. The van der Waals surface area contributed by atoms with Crippen LogP contribution in [0.1, 0.15) is 11.3 Å². The second-order valence-corrected chi connectivity index (χ2v) is 8.69. The van der Waals surface area contributed by atoms with Gasteiger partial charge >= 0.3 is 5.97 Å². The number of amides is 3. The number of carboxylic acid groups (broad SMARTS) is 1. The number of aliphatic carboxylic acids is 1. The minimum absolute atomic E-state index is 0.00141. The minimum atomic E-state index is -1.39. The number of fused-ring (bicyclic) bond motifs is 1. The van der Waals surface area contributed by atoms with Gasteiger partial charge in [0.1, 0.15) is 18.1 Å². The number of benzene rings is 1. The third-order valence-corrected chi connectivity index (χ3v) is 6.06. The molecule has 0 bridgehead atoms. The number of aromatic amines is 2. The first-order chi connectivity index (χ1) is 17.7. The quantitative estimate of drug-likeness (QED) is 0.118. The Labute approximate surface area is 217 Å². The average Bonchev–Trinajstić information content (AvgIpc) is 3.55. The summed E-state index contributed by atoms with van der Waals surface area (Å²) in [7, 11) is 0. The first-order valence-electron chi connectivity index (χ1n) is 11.4. The van der Waals surface area contributed by atoms with Crippen LogP contribution in [0.15, 0.2) is 43.0 Å². The van der Waals surface area contributed by atoms with Gasteiger partial charge in [0.25, 0.3) is 0 Å². The predicted octanol–water partition coefficient (Wildman–Crippen LogP) is -1.54. The average molecular weight is 532 g/mol. The maximum absolute atomic E-state index is 13.3. The van der Waals surface area contributed by atoms with Gasteiger partial charge in [0, 0.05) is 41.9 Å². The molecule has 198 valence electrons. The summed E-state index contributed by atoms with van der Waals surface area (Å²) in [5, 5.41) is 27.4. The Morgan fingerprint density at radius 1 is 0.973 bits per heavy atom. The summed E-state index contributed by atoms with van der Waals surface area (Å²) in [6, 6.07) is 2.39. The van der Waals surface area contributed by atoms with Crippen molar-refractivity contribution in [3.05, 3.63) is 54.2 Å². The number of nitrogens with one attached hydrogen (secondary N) is 5. The highest BCUT2D eigenvalue weighted by Crippen LogP contribution is 2.19. The van der Waals surface area contributed by atoms with Crippen LogP contribution in [0.4, 0.5) is 0 Å². The number of carboxylic acids is 1. The van der Waals surface area contributed by atoms with Crippen LogP contribution in [0.3, 0.4) is 0 Å². The molecule has 3 aromatic rings. The van der Waals surface area contributed by atoms with Gasteiger partial charge in [-0.05, 0) is 11.6 Å². The summed E-state index contributed by atoms with van der Waals surface area (Å²) in [4.78, 5) is 59.9. The fourth-order valence-corrected chi connectivity index (χ4v) is 3.81. The number of rotatable bonds is 13. The van der Waals surface area contributed by atoms with Gasteiger partial charge in [0.2, 0.25) is 17.7 Å². The van der Waals surface area contributed by atoms with E-state index in [1.54, 1.807) is 6.20 Å². The van der Waals surface area contributed by atoms with Gasteiger partial charge < -0.3 is 41.9 Å². The second kappa shape index (κ2) is 12.9. The molecule has 4 atom stereocenters. The van der Waals surface area contributed by atoms with Crippen LogP contribution in [0, 0.1) is 0 Å². The van der Waals surface area contributed by atoms with E-state index in [2.05, 4.69) is 43.5 Å². The summed E-state index contributed by atoms with van der Waals surface area (Å²) in [6.45, 7) is -0.755. The number of aromatic nitrogens is 3. The van der Waals surface area contributed by atoms with Crippen LogP contribution in [-0.4, -0.2) is 85.4 Å². The molecule has 3 rings (SSSR count). The lowest BCUT2D eigenvalue weighted by atomic mass is 10.0. The van der Waals surface area contributed by atoms with Crippen LogP contribution >= 0.6 is 12.6 Å². The molecule has 2 aromatic heterocycles. The Kier molecular flexibility index (Phi) is 9.65. The maximum atomic E-state index is 13.3. The number of nitrogens with zero attached hydrogens (tertiary/aromatic N) is 1. The van der Waals surface area contributed by atoms with Crippen molar-refractivity contribution in [3.8, 4) is 0 Å². The van der Waals surface area contributed by atoms with Crippen molar-refractivity contribution in [3.63, 3.8) is 0 Å². The van der Waals surface area contributed by atoms with Crippen molar-refractivity contribution in [2.75, 3.05) is 12.4 Å². The third-order valence-electron chi connectivity index (χ3n) is 5.66. The fraction of sp³-hybridized carbons (Fsp3) is 0.348. The molecule has 0 aliphatic rings. The molecule has 0 saturated heterocycles. The van der Waals surface area contributed by atoms with E-state index in [9.17, 15) is 29.4 Å². The number of hydrogen-bond donors (Lipinski definition) is 9. The van der Waals surface area contributed by atoms with E-state index in [1.165, 1.54) is 12.5 Å². The number of para-hydroxylation sites is 1. The molecule has 1 aromatic carbocycles. The molecular weight excluding hydrogens is 502 g/mol. The van der Waals surface area contributed by atoms with E-state index in [0.29, 0.717) is 11.3 Å². The van der Waals surface area contributed by atoms with E-state index in [0.717, 1.165) is 10.9 Å². The monoisotopic (exact) mass is 531 g/mol. The molecule has 13 nitrogen and oxygen atoms in total. The topological polar surface area (TPSA) is 215 Å². The molecule has 0 fully saturated rings. The fourth-order valence-electron chi connectivity index (χ4n) is 3.64. The molecule has 0 unspecified atom stereocenters. The lowest BCUT2D eigenvalue weighted by Crippen LogP contribution is -2.58. The van der Waals surface area contributed by atoms with E-state index >= 15 is 0 Å². The molecule has 0 spiro atoms. The summed E-state index contributed by atoms with van der Waals surface area (Å²) in [5.74, 6) is -3.58. The first-order valence-corrected chi connectivity index (χ1v) is 12.0. The summed E-state index contributed by atoms with van der Waals surface area (Å²) < 4.78 is 0. The molecule has 0 aliphatic heterocycles. The van der Waals surface area contributed by atoms with E-state index in [4.69, 9.17) is 5.73 Å². The molecule has 14 heteroatoms. The van der Waals surface area contributed by atoms with Crippen LogP contribution < -0.4 is 21.7 Å². The van der Waals surface area contributed by atoms with Gasteiger partial charge in [-0.1, -0.05) is 18.2 Å². The molecule has 0 aliphatic carbocycles. The zero-order valence-corrected chi connectivity index (χ0v) is 20.6. The molecule has 37 heavy (non-hydrogen) atoms. The molecular formula is C23H29N7O6S. The van der Waals surface area contributed by atoms with Gasteiger partial charge in [-0.2, -0.15) is 12.6 Å². The van der Waals surface area contributed by atoms with Gasteiger partial charge in [-0.25, -0.2) is 9.78 Å². The summed E-state index contributed by atoms with van der Waals surface area (Å²) in [5.41, 5.74) is 7.55. The third kappa shape index (κ3) is 7.31. The lowest BCUT2D eigenvalue weighted by molar-refractivity contribution is -0.142. The standard InChI is InChI=1S/C23H29N7O6S/c24-15(10-37)20(32)30-19(9-31)22(34)28-17(5-12-7-26-16-4-2-1-3-14(12)16)21(33)29-18(23(35)36)6-13-8-25-11-27-13/h1-4,7-8,11,15,17-19,26,31,37H,5-6,9-10,24H2,(H,25,27)(H,28,34)(H,29,33)(H,30,32)(H,35,36)/t15-,17-,18-,19-/m0/s1. The highest BCUT2D eigenvalue weighted by atomic mass is 32.1. The maximum Gasteiger partial charge on any atom is 0.326 e. The lowest BCUT2D eigenvalue weighted by Gasteiger charge is -2.24. The van der Waals surface area contributed by atoms with Crippen molar-refractivity contribution in [2.24, 2.45) is 5.73 Å². The number of aliphatic hydroxyl groups is 1. The summed E-state index contributed by atoms with van der Waals surface area (Å²) in [6.07, 6.45) is 4.50. The van der Waals surface area contributed by atoms with Gasteiger partial charge in [-0.3, -0.25) is 14.4 Å². The Hall–Kier alpha value is -3.88. The van der Waals surface area contributed by atoms with Gasteiger partial charge in [0.15, 0.2) is 0 Å². The minimum Gasteiger partial charge on any atom is -0.480 e. The van der Waals surface area contributed by atoms with Crippen molar-refractivity contribution >= 4 is 47.2 Å². The van der Waals surface area contributed by atoms with Crippen LogP contribution in [0.5, 0.6) is 0 Å². The smallest absolute Gasteiger partial charge is 0.326 e. The van der Waals surface area contributed by atoms with E-state index < -0.39 is 54.5 Å². The van der Waals surface area contributed by atoms with Crippen molar-refractivity contribution in [1.82, 2.24) is 30.9 Å². The predicted molar refractivity (Wildman–Crippen MR) is 137 cm³/mol. The first kappa shape index (κ1) is 27.7. The molecule has 3 amide bonds. The number of carbonyl (C=O) groups is 4. The van der Waals surface area contributed by atoms with Crippen LogP contribution in [0.2, 0.25) is 0 Å². The zero-order chi connectivity index (χ0) is 26.9. The Morgan fingerprint density at radius 3 is 2.30 bits per heavy atom. The number of imidazole rings is 1. The van der Waals surface area contributed by atoms with Gasteiger partial charge in [-0.15, -0.1) is 0 Å². The van der Waals surface area contributed by atoms with Crippen molar-refractivity contribution in [1.29, 1.82) is 0 Å². The number of thiol groups is 1. The Morgan fingerprint density at radius 2 is 1.65 bits per heavy atom.